The molecule has 1 saturated heterocycles. The second-order valence-electron chi connectivity index (χ2n) is 8.89. The zero-order valence-electron chi connectivity index (χ0n) is 18.6. The highest BCUT2D eigenvalue weighted by Crippen LogP contribution is 2.48. The topological polar surface area (TPSA) is 79.6 Å². The highest BCUT2D eigenvalue weighted by atomic mass is 32.1. The molecule has 34 heavy (non-hydrogen) atoms. The summed E-state index contributed by atoms with van der Waals surface area (Å²) in [7, 11) is 0. The minimum atomic E-state index is -0.317. The third-order valence-corrected chi connectivity index (χ3v) is 8.41. The molecule has 6 rings (SSSR count). The Labute approximate surface area is 203 Å². The van der Waals surface area contributed by atoms with Crippen LogP contribution in [-0.2, 0) is 0 Å². The molecule has 0 radical (unpaired) electrons. The number of amides is 2. The van der Waals surface area contributed by atoms with Crippen molar-refractivity contribution < 1.29 is 14.0 Å². The smallest absolute Gasteiger partial charge is 0.274 e. The van der Waals surface area contributed by atoms with E-state index in [1.165, 1.54) is 34.8 Å². The van der Waals surface area contributed by atoms with Crippen LogP contribution >= 0.6 is 22.7 Å². The number of carbonyl (C=O) groups excluding carboxylic acids is 2. The van der Waals surface area contributed by atoms with Crippen molar-refractivity contribution in [3.8, 4) is 10.4 Å². The van der Waals surface area contributed by atoms with E-state index in [4.69, 9.17) is 0 Å². The summed E-state index contributed by atoms with van der Waals surface area (Å²) in [5, 5.41) is 5.72. The number of aromatic nitrogens is 3. The van der Waals surface area contributed by atoms with Gasteiger partial charge in [-0.15, -0.1) is 22.7 Å². The second kappa shape index (κ2) is 7.99. The van der Waals surface area contributed by atoms with E-state index in [1.807, 2.05) is 30.3 Å². The Bertz CT molecular complexity index is 1420. The van der Waals surface area contributed by atoms with Gasteiger partial charge in [0.05, 0.1) is 21.6 Å². The fraction of sp³-hybridized carbons (Fsp3) is 0.333. The number of aryl methyl sites for hydroxylation is 2. The first-order valence-electron chi connectivity index (χ1n) is 11.2. The second-order valence-corrected chi connectivity index (χ2v) is 11.0. The van der Waals surface area contributed by atoms with Gasteiger partial charge in [-0.1, -0.05) is 12.1 Å². The van der Waals surface area contributed by atoms with Crippen LogP contribution in [0.2, 0.25) is 0 Å². The van der Waals surface area contributed by atoms with Gasteiger partial charge in [-0.2, -0.15) is 0 Å². The molecular formula is C24H22FN5O2S2. The van der Waals surface area contributed by atoms with Crippen LogP contribution < -0.4 is 5.32 Å². The molecule has 2 fully saturated rings. The maximum Gasteiger partial charge on any atom is 0.274 e. The number of rotatable bonds is 5. The Morgan fingerprint density at radius 2 is 1.97 bits per heavy atom. The third-order valence-electron chi connectivity index (χ3n) is 6.64. The first-order chi connectivity index (χ1) is 16.4. The summed E-state index contributed by atoms with van der Waals surface area (Å²) in [6.07, 6.45) is 3.70. The van der Waals surface area contributed by atoms with Gasteiger partial charge < -0.3 is 10.2 Å². The van der Waals surface area contributed by atoms with Crippen LogP contribution in [0.1, 0.15) is 44.5 Å². The van der Waals surface area contributed by atoms with Crippen molar-refractivity contribution in [3.63, 3.8) is 0 Å². The number of halogens is 1. The number of imidazole rings is 1. The van der Waals surface area contributed by atoms with Crippen LogP contribution in [0.5, 0.6) is 0 Å². The van der Waals surface area contributed by atoms with E-state index in [0.29, 0.717) is 29.5 Å². The predicted molar refractivity (Wildman–Crippen MR) is 129 cm³/mol. The van der Waals surface area contributed by atoms with Gasteiger partial charge in [-0.05, 0) is 50.3 Å². The van der Waals surface area contributed by atoms with Crippen molar-refractivity contribution in [2.45, 2.75) is 38.8 Å². The molecule has 2 amide bonds. The molecule has 3 aromatic heterocycles. The van der Waals surface area contributed by atoms with E-state index in [9.17, 15) is 14.0 Å². The van der Waals surface area contributed by atoms with Gasteiger partial charge >= 0.3 is 0 Å². The number of hydrogen-bond acceptors (Lipinski definition) is 6. The minimum absolute atomic E-state index is 0.0885. The number of piperidine rings is 1. The van der Waals surface area contributed by atoms with E-state index >= 15 is 0 Å². The summed E-state index contributed by atoms with van der Waals surface area (Å²) in [5.74, 6) is -0.149. The maximum atomic E-state index is 13.7. The highest BCUT2D eigenvalue weighted by Gasteiger charge is 2.54. The number of likely N-dealkylation sites (tertiary alicyclic amines) is 1. The number of nitrogens with zero attached hydrogens (tertiary/aromatic N) is 4. The normalized spacial score (nSPS) is 21.1. The van der Waals surface area contributed by atoms with Crippen molar-refractivity contribution in [2.75, 3.05) is 6.54 Å². The third kappa shape index (κ3) is 3.52. The van der Waals surface area contributed by atoms with Crippen molar-refractivity contribution in [2.24, 2.45) is 5.92 Å². The minimum Gasteiger partial charge on any atom is -0.349 e. The molecule has 1 aliphatic carbocycles. The zero-order chi connectivity index (χ0) is 23.6. The van der Waals surface area contributed by atoms with Gasteiger partial charge in [-0.25, -0.2) is 14.4 Å². The zero-order valence-corrected chi connectivity index (χ0v) is 20.3. The van der Waals surface area contributed by atoms with Gasteiger partial charge in [0.15, 0.2) is 4.96 Å². The SMILES string of the molecule is Cc1nc(C(=O)N2C3CC3C[C@H]2CNC(=O)c2c(C)nc3sccn23)c(-c2ccc(F)cc2)s1. The lowest BCUT2D eigenvalue weighted by Crippen LogP contribution is -2.45. The molecule has 4 heterocycles. The van der Waals surface area contributed by atoms with Crippen LogP contribution in [0.15, 0.2) is 35.8 Å². The number of nitrogens with one attached hydrogen (secondary N) is 1. The summed E-state index contributed by atoms with van der Waals surface area (Å²) < 4.78 is 15.2. The average molecular weight is 496 g/mol. The first kappa shape index (κ1) is 21.4. The van der Waals surface area contributed by atoms with E-state index in [2.05, 4.69) is 15.3 Å². The van der Waals surface area contributed by atoms with Crippen molar-refractivity contribution in [1.29, 1.82) is 0 Å². The Morgan fingerprint density at radius 3 is 2.76 bits per heavy atom. The molecule has 2 aliphatic rings. The van der Waals surface area contributed by atoms with Gasteiger partial charge in [0, 0.05) is 24.2 Å². The molecule has 1 aliphatic heterocycles. The maximum absolute atomic E-state index is 13.7. The van der Waals surface area contributed by atoms with E-state index in [0.717, 1.165) is 33.3 Å². The monoisotopic (exact) mass is 495 g/mol. The molecule has 1 N–H and O–H groups in total. The molecular weight excluding hydrogens is 473 g/mol. The summed E-state index contributed by atoms with van der Waals surface area (Å²) in [5.41, 5.74) is 2.41. The molecule has 2 unspecified atom stereocenters. The number of benzene rings is 1. The summed E-state index contributed by atoms with van der Waals surface area (Å²) >= 11 is 2.92. The molecule has 10 heteroatoms. The van der Waals surface area contributed by atoms with Crippen molar-refractivity contribution in [3.05, 3.63) is 63.7 Å². The van der Waals surface area contributed by atoms with Crippen LogP contribution in [0.25, 0.3) is 15.4 Å². The standard InChI is InChI=1S/C24H22FN5O2S2/c1-12-20(29-7-8-33-24(29)27-12)22(31)26-11-17-9-15-10-18(15)30(17)23(32)19-21(34-13(2)28-19)14-3-5-16(25)6-4-14/h3-8,15,17-18H,9-11H2,1-2H3,(H,26,31)/t15?,17-,18?/m0/s1. The lowest BCUT2D eigenvalue weighted by atomic mass is 10.1. The van der Waals surface area contributed by atoms with Gasteiger partial charge in [0.25, 0.3) is 11.8 Å². The molecule has 1 aromatic carbocycles. The molecule has 0 spiro atoms. The quantitative estimate of drug-likeness (QED) is 0.448. The van der Waals surface area contributed by atoms with Gasteiger partial charge in [-0.3, -0.25) is 14.0 Å². The number of fused-ring (bicyclic) bond motifs is 2. The number of carbonyl (C=O) groups is 2. The Balaban J connectivity index is 1.23. The van der Waals surface area contributed by atoms with E-state index in [1.54, 1.807) is 16.5 Å². The fourth-order valence-corrected chi connectivity index (χ4v) is 6.69. The largest absolute Gasteiger partial charge is 0.349 e. The molecule has 174 valence electrons. The molecule has 0 bridgehead atoms. The highest BCUT2D eigenvalue weighted by molar-refractivity contribution is 7.15. The summed E-state index contributed by atoms with van der Waals surface area (Å²) in [4.78, 5) is 39.2. The fourth-order valence-electron chi connectivity index (χ4n) is 5.01. The van der Waals surface area contributed by atoms with Crippen molar-refractivity contribution >= 4 is 39.4 Å². The van der Waals surface area contributed by atoms with E-state index < -0.39 is 0 Å². The summed E-state index contributed by atoms with van der Waals surface area (Å²) in [6, 6.07) is 6.26. The Morgan fingerprint density at radius 1 is 1.18 bits per heavy atom. The van der Waals surface area contributed by atoms with Crippen LogP contribution in [0.3, 0.4) is 0 Å². The summed E-state index contributed by atoms with van der Waals surface area (Å²) in [6.45, 7) is 4.08. The molecule has 7 nitrogen and oxygen atoms in total. The lowest BCUT2D eigenvalue weighted by Gasteiger charge is -2.27. The van der Waals surface area contributed by atoms with E-state index in [-0.39, 0.29) is 29.7 Å². The Kier molecular flexibility index (Phi) is 5.03. The first-order valence-corrected chi connectivity index (χ1v) is 12.9. The average Bonchev–Trinajstić information content (AvgIpc) is 3.16. The molecule has 3 atom stereocenters. The van der Waals surface area contributed by atoms with Gasteiger partial charge in [0.1, 0.15) is 17.2 Å². The van der Waals surface area contributed by atoms with Crippen LogP contribution in [-0.4, -0.2) is 49.7 Å². The van der Waals surface area contributed by atoms with Gasteiger partial charge in [0.2, 0.25) is 0 Å². The molecule has 1 saturated carbocycles. The predicted octanol–water partition coefficient (Wildman–Crippen LogP) is 4.31. The number of hydrogen-bond donors (Lipinski definition) is 1. The van der Waals surface area contributed by atoms with Crippen LogP contribution in [0.4, 0.5) is 4.39 Å². The molecule has 4 aromatic rings. The Hall–Kier alpha value is -3.11. The van der Waals surface area contributed by atoms with Crippen LogP contribution in [0, 0.1) is 25.6 Å². The lowest BCUT2D eigenvalue weighted by molar-refractivity contribution is 0.0684. The number of thiazole rings is 2. The van der Waals surface area contributed by atoms with Crippen molar-refractivity contribution in [1.82, 2.24) is 24.6 Å².